The molecule has 0 bridgehead atoms. The van der Waals surface area contributed by atoms with Gasteiger partial charge in [-0.1, -0.05) is 0 Å². The van der Waals surface area contributed by atoms with E-state index in [4.69, 9.17) is 0 Å². The second-order valence-electron chi connectivity index (χ2n) is 2.11. The summed E-state index contributed by atoms with van der Waals surface area (Å²) in [6.07, 6.45) is 0. The molecule has 0 aromatic heterocycles. The molecule has 0 fully saturated rings. The second kappa shape index (κ2) is 5.52. The van der Waals surface area contributed by atoms with Crippen LogP contribution >= 0.6 is 0 Å². The van der Waals surface area contributed by atoms with Crippen LogP contribution in [0.5, 0.6) is 0 Å². The number of halogens is 1. The van der Waals surface area contributed by atoms with Crippen molar-refractivity contribution in [2.24, 2.45) is 0 Å². The Labute approximate surface area is 103 Å². The predicted octanol–water partition coefficient (Wildman–Crippen LogP) is -2.02. The SMILES string of the molecule is O=[N+]([O-])c1ccc(S(=O)[O-])c(F)c1.[Na+]. The van der Waals surface area contributed by atoms with Crippen LogP contribution in [-0.2, 0) is 11.1 Å². The molecule has 0 saturated heterocycles. The molecule has 1 aromatic rings. The molecule has 0 aliphatic rings. The van der Waals surface area contributed by atoms with Gasteiger partial charge in [0.1, 0.15) is 5.82 Å². The van der Waals surface area contributed by atoms with Gasteiger partial charge in [0.15, 0.2) is 0 Å². The van der Waals surface area contributed by atoms with E-state index in [0.29, 0.717) is 6.07 Å². The van der Waals surface area contributed by atoms with Crippen LogP contribution in [0.4, 0.5) is 10.1 Å². The summed E-state index contributed by atoms with van der Waals surface area (Å²) in [6.45, 7) is 0. The van der Waals surface area contributed by atoms with Gasteiger partial charge in [-0.3, -0.25) is 14.3 Å². The van der Waals surface area contributed by atoms with Crippen molar-refractivity contribution in [1.82, 2.24) is 0 Å². The first-order valence-corrected chi connectivity index (χ1v) is 4.13. The summed E-state index contributed by atoms with van der Waals surface area (Å²) >= 11 is -2.71. The summed E-state index contributed by atoms with van der Waals surface area (Å²) < 4.78 is 33.3. The maximum Gasteiger partial charge on any atom is 1.00 e. The van der Waals surface area contributed by atoms with E-state index in [1.54, 1.807) is 0 Å². The monoisotopic (exact) mass is 227 g/mol. The van der Waals surface area contributed by atoms with E-state index in [9.17, 15) is 23.3 Å². The van der Waals surface area contributed by atoms with Crippen molar-refractivity contribution in [3.8, 4) is 0 Å². The predicted molar refractivity (Wildman–Crippen MR) is 40.2 cm³/mol. The molecule has 5 nitrogen and oxygen atoms in total. The zero-order valence-electron chi connectivity index (χ0n) is 7.10. The quantitative estimate of drug-likeness (QED) is 0.252. The Morgan fingerprint density at radius 2 is 2.00 bits per heavy atom. The Bertz CT molecular complexity index is 386. The first-order valence-electron chi connectivity index (χ1n) is 3.05. The van der Waals surface area contributed by atoms with Crippen molar-refractivity contribution in [1.29, 1.82) is 0 Å². The minimum Gasteiger partial charge on any atom is -0.768 e. The van der Waals surface area contributed by atoms with E-state index in [-0.39, 0.29) is 29.6 Å². The molecule has 0 aliphatic heterocycles. The molecule has 0 spiro atoms. The van der Waals surface area contributed by atoms with Gasteiger partial charge in [0.05, 0.1) is 15.9 Å². The van der Waals surface area contributed by atoms with Gasteiger partial charge in [-0.25, -0.2) is 4.39 Å². The van der Waals surface area contributed by atoms with E-state index >= 15 is 0 Å². The van der Waals surface area contributed by atoms with Gasteiger partial charge in [0, 0.05) is 6.07 Å². The number of nitro groups is 1. The van der Waals surface area contributed by atoms with Crippen molar-refractivity contribution < 1.29 is 47.6 Å². The maximum absolute atomic E-state index is 12.8. The van der Waals surface area contributed by atoms with Gasteiger partial charge in [0.25, 0.3) is 5.69 Å². The summed E-state index contributed by atoms with van der Waals surface area (Å²) in [4.78, 5) is 8.74. The Balaban J connectivity index is 0.00000169. The Kier molecular flexibility index (Phi) is 5.38. The molecule has 0 amide bonds. The summed E-state index contributed by atoms with van der Waals surface area (Å²) in [5.41, 5.74) is -0.480. The molecule has 0 N–H and O–H groups in total. The molecule has 1 rings (SSSR count). The van der Waals surface area contributed by atoms with E-state index < -0.39 is 32.4 Å². The van der Waals surface area contributed by atoms with Crippen LogP contribution in [0.25, 0.3) is 0 Å². The van der Waals surface area contributed by atoms with Crippen molar-refractivity contribution in [2.75, 3.05) is 0 Å². The average Bonchev–Trinajstić information content (AvgIpc) is 2.03. The van der Waals surface area contributed by atoms with Gasteiger partial charge in [-0.05, 0) is 17.1 Å². The van der Waals surface area contributed by atoms with Crippen LogP contribution < -0.4 is 29.6 Å². The number of nitrogens with zero attached hydrogens (tertiary/aromatic N) is 1. The normalized spacial score (nSPS) is 11.6. The van der Waals surface area contributed by atoms with E-state index in [0.717, 1.165) is 12.1 Å². The first-order chi connectivity index (χ1) is 6.02. The molecule has 1 unspecified atom stereocenters. The molecule has 0 aliphatic carbocycles. The molecule has 14 heavy (non-hydrogen) atoms. The van der Waals surface area contributed by atoms with Crippen LogP contribution in [0.2, 0.25) is 0 Å². The largest absolute Gasteiger partial charge is 1.00 e. The van der Waals surface area contributed by atoms with Gasteiger partial charge >= 0.3 is 29.6 Å². The molecular formula is C6H3FNNaO4S. The number of nitro benzene ring substituents is 1. The van der Waals surface area contributed by atoms with Crippen LogP contribution in [0, 0.1) is 15.9 Å². The number of benzene rings is 1. The Hall–Kier alpha value is -0.340. The third-order valence-corrected chi connectivity index (χ3v) is 2.00. The molecule has 1 atom stereocenters. The fourth-order valence-corrected chi connectivity index (χ4v) is 1.14. The molecule has 0 radical (unpaired) electrons. The topological polar surface area (TPSA) is 83.3 Å². The number of rotatable bonds is 2. The van der Waals surface area contributed by atoms with Crippen molar-refractivity contribution >= 4 is 16.8 Å². The Morgan fingerprint density at radius 3 is 2.36 bits per heavy atom. The van der Waals surface area contributed by atoms with Crippen molar-refractivity contribution in [3.05, 3.63) is 34.1 Å². The van der Waals surface area contributed by atoms with Crippen molar-refractivity contribution in [2.45, 2.75) is 4.90 Å². The fraction of sp³-hybridized carbons (Fsp3) is 0. The molecule has 1 aromatic carbocycles. The second-order valence-corrected chi connectivity index (χ2v) is 3.02. The van der Waals surface area contributed by atoms with E-state index in [1.807, 2.05) is 0 Å². The summed E-state index contributed by atoms with van der Waals surface area (Å²) in [5.74, 6) is -1.12. The fourth-order valence-electron chi connectivity index (χ4n) is 0.738. The first kappa shape index (κ1) is 13.7. The number of hydrogen-bond donors (Lipinski definition) is 0. The summed E-state index contributed by atoms with van der Waals surface area (Å²) in [5, 5.41) is 10.1. The van der Waals surface area contributed by atoms with Crippen LogP contribution in [0.15, 0.2) is 23.1 Å². The molecule has 8 heteroatoms. The third-order valence-electron chi connectivity index (χ3n) is 1.31. The number of non-ortho nitro benzene ring substituents is 1. The molecular weight excluding hydrogens is 224 g/mol. The maximum atomic E-state index is 12.8. The van der Waals surface area contributed by atoms with Gasteiger partial charge < -0.3 is 4.55 Å². The van der Waals surface area contributed by atoms with E-state index in [2.05, 4.69) is 0 Å². The minimum atomic E-state index is -2.71. The molecule has 0 heterocycles. The number of hydrogen-bond acceptors (Lipinski definition) is 4. The van der Waals surface area contributed by atoms with Crippen LogP contribution in [0.3, 0.4) is 0 Å². The molecule has 70 valence electrons. The van der Waals surface area contributed by atoms with Crippen LogP contribution in [0.1, 0.15) is 0 Å². The van der Waals surface area contributed by atoms with Gasteiger partial charge in [0.2, 0.25) is 0 Å². The van der Waals surface area contributed by atoms with Crippen LogP contribution in [-0.4, -0.2) is 13.7 Å². The summed E-state index contributed by atoms with van der Waals surface area (Å²) in [6, 6.07) is 2.33. The van der Waals surface area contributed by atoms with Gasteiger partial charge in [-0.2, -0.15) is 0 Å². The van der Waals surface area contributed by atoms with Crippen molar-refractivity contribution in [3.63, 3.8) is 0 Å². The smallest absolute Gasteiger partial charge is 0.768 e. The standard InChI is InChI=1S/C6H4FNO4S.Na/c7-5-3-4(8(9)10)1-2-6(5)13(11)12;/h1-3H,(H,11,12);/q;+1/p-1. The Morgan fingerprint density at radius 1 is 1.43 bits per heavy atom. The van der Waals surface area contributed by atoms with Gasteiger partial charge in [-0.15, -0.1) is 0 Å². The average molecular weight is 227 g/mol. The zero-order valence-corrected chi connectivity index (χ0v) is 9.91. The molecule has 0 saturated carbocycles. The summed E-state index contributed by atoms with van der Waals surface area (Å²) in [7, 11) is 0. The van der Waals surface area contributed by atoms with E-state index in [1.165, 1.54) is 0 Å². The third kappa shape index (κ3) is 3.10. The zero-order chi connectivity index (χ0) is 10.0. The minimum absolute atomic E-state index is 0.